The maximum absolute atomic E-state index is 10.9. The summed E-state index contributed by atoms with van der Waals surface area (Å²) in [5.41, 5.74) is 13.0. The molecule has 0 aliphatic rings. The molecule has 0 saturated heterocycles. The second-order valence-electron chi connectivity index (χ2n) is 3.60. The topological polar surface area (TPSA) is 86.9 Å². The van der Waals surface area contributed by atoms with Crippen molar-refractivity contribution >= 4 is 27.5 Å². The Morgan fingerprint density at radius 1 is 1.47 bits per heavy atom. The Morgan fingerprint density at radius 3 is 2.82 bits per heavy atom. The Balaban J connectivity index is 2.28. The van der Waals surface area contributed by atoms with Gasteiger partial charge in [-0.2, -0.15) is 5.10 Å². The fourth-order valence-corrected chi connectivity index (χ4v) is 1.99. The number of nitrogens with two attached hydrogens (primary N) is 2. The minimum atomic E-state index is -0.489. The predicted octanol–water partition coefficient (Wildman–Crippen LogP) is 1.38. The first-order valence-corrected chi connectivity index (χ1v) is 5.72. The second kappa shape index (κ2) is 4.58. The minimum absolute atomic E-state index is 0.385. The van der Waals surface area contributed by atoms with E-state index in [0.717, 1.165) is 10.0 Å². The van der Waals surface area contributed by atoms with Crippen molar-refractivity contribution < 1.29 is 4.79 Å². The molecule has 1 aromatic heterocycles. The summed E-state index contributed by atoms with van der Waals surface area (Å²) in [6.45, 7) is 0.487. The minimum Gasteiger partial charge on any atom is -0.398 e. The summed E-state index contributed by atoms with van der Waals surface area (Å²) in [5, 5.41) is 4.05. The molecule has 0 fully saturated rings. The molecule has 17 heavy (non-hydrogen) atoms. The van der Waals surface area contributed by atoms with Gasteiger partial charge in [0.05, 0.1) is 18.3 Å². The van der Waals surface area contributed by atoms with Crippen LogP contribution in [0.3, 0.4) is 0 Å². The lowest BCUT2D eigenvalue weighted by molar-refractivity contribution is 0.1000. The highest BCUT2D eigenvalue weighted by Gasteiger charge is 2.08. The molecule has 5 nitrogen and oxygen atoms in total. The molecule has 0 unspecified atom stereocenters. The number of halogens is 1. The van der Waals surface area contributed by atoms with E-state index in [1.165, 1.54) is 6.20 Å². The van der Waals surface area contributed by atoms with Crippen LogP contribution < -0.4 is 11.5 Å². The van der Waals surface area contributed by atoms with Gasteiger partial charge in [0.2, 0.25) is 0 Å². The molecule has 6 heteroatoms. The van der Waals surface area contributed by atoms with Crippen molar-refractivity contribution in [1.29, 1.82) is 0 Å². The molecule has 0 spiro atoms. The van der Waals surface area contributed by atoms with Gasteiger partial charge in [-0.1, -0.05) is 22.0 Å². The number of aromatic nitrogens is 2. The van der Waals surface area contributed by atoms with Crippen LogP contribution in [0.2, 0.25) is 0 Å². The molecule has 1 amide bonds. The van der Waals surface area contributed by atoms with E-state index in [1.807, 2.05) is 18.2 Å². The summed E-state index contributed by atoms with van der Waals surface area (Å²) < 4.78 is 2.53. The molecule has 88 valence electrons. The van der Waals surface area contributed by atoms with Crippen molar-refractivity contribution in [2.45, 2.75) is 6.54 Å². The number of benzene rings is 1. The number of nitrogen functional groups attached to an aromatic ring is 1. The van der Waals surface area contributed by atoms with Crippen molar-refractivity contribution in [2.24, 2.45) is 5.73 Å². The average Bonchev–Trinajstić information content (AvgIpc) is 2.72. The van der Waals surface area contributed by atoms with Gasteiger partial charge in [-0.15, -0.1) is 0 Å². The summed E-state index contributed by atoms with van der Waals surface area (Å²) >= 11 is 3.43. The van der Waals surface area contributed by atoms with E-state index in [4.69, 9.17) is 11.5 Å². The van der Waals surface area contributed by atoms with E-state index in [-0.39, 0.29) is 0 Å². The number of carbonyl (C=O) groups is 1. The largest absolute Gasteiger partial charge is 0.398 e. The smallest absolute Gasteiger partial charge is 0.251 e. The molecule has 1 aromatic carbocycles. The third kappa shape index (κ3) is 2.47. The van der Waals surface area contributed by atoms with Gasteiger partial charge >= 0.3 is 0 Å². The van der Waals surface area contributed by atoms with Gasteiger partial charge in [-0.05, 0) is 12.1 Å². The molecule has 0 atom stereocenters. The van der Waals surface area contributed by atoms with Crippen LogP contribution in [0.25, 0.3) is 0 Å². The van der Waals surface area contributed by atoms with Crippen LogP contribution in [0.15, 0.2) is 35.1 Å². The van der Waals surface area contributed by atoms with Crippen molar-refractivity contribution in [3.8, 4) is 0 Å². The molecular formula is C11H11BrN4O. The highest BCUT2D eigenvalue weighted by Crippen LogP contribution is 2.23. The van der Waals surface area contributed by atoms with Crippen LogP contribution in [-0.4, -0.2) is 15.7 Å². The summed E-state index contributed by atoms with van der Waals surface area (Å²) in [6, 6.07) is 5.59. The Hall–Kier alpha value is -1.82. The van der Waals surface area contributed by atoms with Crippen molar-refractivity contribution in [2.75, 3.05) is 5.73 Å². The third-order valence-corrected chi connectivity index (χ3v) is 3.14. The first-order valence-electron chi connectivity index (χ1n) is 4.93. The second-order valence-corrected chi connectivity index (χ2v) is 4.45. The van der Waals surface area contributed by atoms with E-state index < -0.39 is 5.91 Å². The van der Waals surface area contributed by atoms with Gasteiger partial charge in [0.15, 0.2) is 0 Å². The number of amides is 1. The van der Waals surface area contributed by atoms with Crippen LogP contribution in [0.4, 0.5) is 5.69 Å². The number of nitrogens with zero attached hydrogens (tertiary/aromatic N) is 2. The molecule has 0 aliphatic heterocycles. The zero-order valence-electron chi connectivity index (χ0n) is 8.93. The zero-order chi connectivity index (χ0) is 12.4. The van der Waals surface area contributed by atoms with Gasteiger partial charge < -0.3 is 11.5 Å². The number of carbonyl (C=O) groups excluding carboxylic acids is 1. The Morgan fingerprint density at radius 2 is 2.24 bits per heavy atom. The molecule has 2 rings (SSSR count). The average molecular weight is 295 g/mol. The lowest BCUT2D eigenvalue weighted by atomic mass is 10.2. The molecule has 2 aromatic rings. The van der Waals surface area contributed by atoms with Gasteiger partial charge in [0.25, 0.3) is 5.91 Å². The Kier molecular flexibility index (Phi) is 3.14. The van der Waals surface area contributed by atoms with Crippen LogP contribution in [0.5, 0.6) is 0 Å². The van der Waals surface area contributed by atoms with Crippen molar-refractivity contribution in [1.82, 2.24) is 9.78 Å². The van der Waals surface area contributed by atoms with Gasteiger partial charge in [-0.3, -0.25) is 9.48 Å². The summed E-state index contributed by atoms with van der Waals surface area (Å²) in [7, 11) is 0. The fraction of sp³-hybridized carbons (Fsp3) is 0.0909. The maximum Gasteiger partial charge on any atom is 0.251 e. The molecular weight excluding hydrogens is 284 g/mol. The lowest BCUT2D eigenvalue weighted by Gasteiger charge is -2.07. The number of anilines is 1. The molecule has 1 heterocycles. The highest BCUT2D eigenvalue weighted by atomic mass is 79.9. The summed E-state index contributed by atoms with van der Waals surface area (Å²) in [5.74, 6) is -0.489. The highest BCUT2D eigenvalue weighted by molar-refractivity contribution is 9.10. The normalized spacial score (nSPS) is 10.4. The van der Waals surface area contributed by atoms with E-state index >= 15 is 0 Å². The number of hydrogen-bond donors (Lipinski definition) is 2. The summed E-state index contributed by atoms with van der Waals surface area (Å²) in [6.07, 6.45) is 3.04. The fourth-order valence-electron chi connectivity index (χ4n) is 1.48. The Bertz CT molecular complexity index is 544. The van der Waals surface area contributed by atoms with Crippen LogP contribution >= 0.6 is 15.9 Å². The van der Waals surface area contributed by atoms with Gasteiger partial charge in [-0.25, -0.2) is 0 Å². The van der Waals surface area contributed by atoms with E-state index in [2.05, 4.69) is 21.0 Å². The number of rotatable bonds is 3. The standard InChI is InChI=1S/C11H11BrN4O/c12-9-2-1-3-10(13)8(9)6-16-5-7(4-15-16)11(14)17/h1-5H,6,13H2,(H2,14,17). The maximum atomic E-state index is 10.9. The molecule has 0 radical (unpaired) electrons. The van der Waals surface area contributed by atoms with Crippen LogP contribution in [-0.2, 0) is 6.54 Å². The van der Waals surface area contributed by atoms with E-state index in [9.17, 15) is 4.79 Å². The van der Waals surface area contributed by atoms with Gasteiger partial charge in [0, 0.05) is 21.9 Å². The van der Waals surface area contributed by atoms with E-state index in [1.54, 1.807) is 10.9 Å². The Labute approximate surface area is 107 Å². The van der Waals surface area contributed by atoms with E-state index in [0.29, 0.717) is 17.8 Å². The molecule has 0 saturated carbocycles. The number of hydrogen-bond acceptors (Lipinski definition) is 3. The van der Waals surface area contributed by atoms with Gasteiger partial charge in [0.1, 0.15) is 0 Å². The molecule has 4 N–H and O–H groups in total. The van der Waals surface area contributed by atoms with Crippen molar-refractivity contribution in [3.63, 3.8) is 0 Å². The first-order chi connectivity index (χ1) is 8.08. The summed E-state index contributed by atoms with van der Waals surface area (Å²) in [4.78, 5) is 10.9. The van der Waals surface area contributed by atoms with Crippen LogP contribution in [0.1, 0.15) is 15.9 Å². The lowest BCUT2D eigenvalue weighted by Crippen LogP contribution is -2.10. The quantitative estimate of drug-likeness (QED) is 0.838. The molecule has 0 bridgehead atoms. The third-order valence-electron chi connectivity index (χ3n) is 2.39. The van der Waals surface area contributed by atoms with Crippen LogP contribution in [0, 0.1) is 0 Å². The predicted molar refractivity (Wildman–Crippen MR) is 68.4 cm³/mol. The van der Waals surface area contributed by atoms with Crippen molar-refractivity contribution in [3.05, 3.63) is 46.2 Å². The SMILES string of the molecule is NC(=O)c1cnn(Cc2c(N)cccc2Br)c1. The monoisotopic (exact) mass is 294 g/mol. The number of primary amides is 1. The first kappa shape index (κ1) is 11.7. The zero-order valence-corrected chi connectivity index (χ0v) is 10.5. The molecule has 0 aliphatic carbocycles.